The Labute approximate surface area is 208 Å². The first kappa shape index (κ1) is 26.0. The van der Waals surface area contributed by atoms with Crippen molar-refractivity contribution in [1.82, 2.24) is 10.9 Å². The number of nitrogens with one attached hydrogen (secondary N) is 2. The Morgan fingerprint density at radius 1 is 0.818 bits per heavy atom. The molecule has 2 amide bonds. The van der Waals surface area contributed by atoms with Crippen molar-refractivity contribution in [3.8, 4) is 11.5 Å². The number of hydrogen-bond donors (Lipinski definition) is 2. The molecule has 0 saturated carbocycles. The molecule has 2 aromatic rings. The van der Waals surface area contributed by atoms with E-state index < -0.39 is 18.2 Å². The van der Waals surface area contributed by atoms with Gasteiger partial charge in [-0.25, -0.2) is 10.9 Å². The van der Waals surface area contributed by atoms with Crippen molar-refractivity contribution >= 4 is 56.1 Å². The highest BCUT2D eigenvalue weighted by Gasteiger charge is 2.09. The zero-order valence-corrected chi connectivity index (χ0v) is 20.8. The molecule has 0 saturated heterocycles. The van der Waals surface area contributed by atoms with E-state index in [4.69, 9.17) is 9.47 Å². The van der Waals surface area contributed by atoms with E-state index in [1.54, 1.807) is 36.4 Å². The van der Waals surface area contributed by atoms with Gasteiger partial charge in [0.25, 0.3) is 0 Å². The van der Waals surface area contributed by atoms with Crippen LogP contribution in [0.5, 0.6) is 11.5 Å². The molecule has 0 aromatic heterocycles. The lowest BCUT2D eigenvalue weighted by Gasteiger charge is -2.07. The zero-order valence-electron chi connectivity index (χ0n) is 17.6. The first-order chi connectivity index (χ1) is 15.9. The molecule has 0 radical (unpaired) electrons. The molecule has 0 unspecified atom stereocenters. The lowest BCUT2D eigenvalue weighted by atomic mass is 10.2. The number of hydrazone groups is 2. The lowest BCUT2D eigenvalue weighted by molar-refractivity contribution is -0.129. The van der Waals surface area contributed by atoms with Gasteiger partial charge in [0.15, 0.2) is 0 Å². The second-order valence-electron chi connectivity index (χ2n) is 6.33. The van der Waals surface area contributed by atoms with E-state index in [2.05, 4.69) is 66.1 Å². The molecule has 172 valence electrons. The first-order valence-corrected chi connectivity index (χ1v) is 11.2. The molecule has 33 heavy (non-hydrogen) atoms. The molecule has 2 rings (SSSR count). The van der Waals surface area contributed by atoms with Gasteiger partial charge in [0.1, 0.15) is 31.1 Å². The van der Waals surface area contributed by atoms with Gasteiger partial charge >= 0.3 is 0 Å². The third-order valence-electron chi connectivity index (χ3n) is 3.76. The van der Waals surface area contributed by atoms with Crippen LogP contribution in [0.4, 0.5) is 0 Å². The molecule has 0 aliphatic rings. The van der Waals surface area contributed by atoms with Crippen molar-refractivity contribution in [1.29, 1.82) is 0 Å². The summed E-state index contributed by atoms with van der Waals surface area (Å²) < 4.78 is 12.7. The van der Waals surface area contributed by atoms with Gasteiger partial charge in [-0.05, 0) is 36.4 Å². The van der Waals surface area contributed by atoms with Gasteiger partial charge in [-0.3, -0.25) is 9.59 Å². The molecule has 0 fully saturated rings. The van der Waals surface area contributed by atoms with Crippen LogP contribution in [0.25, 0.3) is 0 Å². The zero-order chi connectivity index (χ0) is 24.1. The number of nitrogens with zero attached hydrogens (tertiary/aromatic N) is 2. The van der Waals surface area contributed by atoms with Crippen LogP contribution in [0.3, 0.4) is 0 Å². The number of benzene rings is 2. The average Bonchev–Trinajstić information content (AvgIpc) is 2.78. The highest BCUT2D eigenvalue weighted by molar-refractivity contribution is 9.10. The summed E-state index contributed by atoms with van der Waals surface area (Å²) in [7, 11) is 0. The van der Waals surface area contributed by atoms with E-state index in [0.717, 1.165) is 8.95 Å². The highest BCUT2D eigenvalue weighted by Crippen LogP contribution is 2.22. The predicted octanol–water partition coefficient (Wildman–Crippen LogP) is 4.33. The fraction of sp³-hybridized carbons (Fsp3) is 0.130. The van der Waals surface area contributed by atoms with E-state index in [-0.39, 0.29) is 0 Å². The van der Waals surface area contributed by atoms with Crippen LogP contribution in [0.1, 0.15) is 17.5 Å². The summed E-state index contributed by atoms with van der Waals surface area (Å²) in [6, 6.07) is 10.7. The third kappa shape index (κ3) is 9.42. The maximum atomic E-state index is 12.0. The van der Waals surface area contributed by atoms with Gasteiger partial charge in [-0.15, -0.1) is 0 Å². The van der Waals surface area contributed by atoms with Crippen molar-refractivity contribution < 1.29 is 19.1 Å². The Hall–Kier alpha value is -3.24. The monoisotopic (exact) mass is 576 g/mol. The van der Waals surface area contributed by atoms with E-state index in [1.807, 2.05) is 12.1 Å². The Balaban J connectivity index is 1.89. The van der Waals surface area contributed by atoms with Crippen LogP contribution >= 0.6 is 31.9 Å². The summed E-state index contributed by atoms with van der Waals surface area (Å²) in [5.41, 5.74) is 5.89. The van der Waals surface area contributed by atoms with Gasteiger partial charge in [-0.1, -0.05) is 57.2 Å². The number of carbonyl (C=O) groups is 2. The minimum Gasteiger partial charge on any atom is -0.489 e. The Morgan fingerprint density at radius 3 is 1.64 bits per heavy atom. The standard InChI is InChI=1S/C23H22Br2N4O4/c1-3-9-32-20-7-5-18(24)11-16(20)14-26-28-22(30)13-23(31)29-27-15-17-12-19(25)6-8-21(17)33-10-4-2/h3-8,11-12,14-15H,1-2,9-10,13H2,(H,28,30)(H,29,31). The summed E-state index contributed by atoms with van der Waals surface area (Å²) in [6.07, 6.45) is 5.64. The number of hydrogen-bond acceptors (Lipinski definition) is 6. The van der Waals surface area contributed by atoms with Crippen LogP contribution in [-0.4, -0.2) is 37.5 Å². The molecule has 2 aromatic carbocycles. The van der Waals surface area contributed by atoms with Gasteiger partial charge in [-0.2, -0.15) is 10.2 Å². The fourth-order valence-electron chi connectivity index (χ4n) is 2.37. The summed E-state index contributed by atoms with van der Waals surface area (Å²) >= 11 is 6.75. The summed E-state index contributed by atoms with van der Waals surface area (Å²) in [5.74, 6) is -0.0423. The Morgan fingerprint density at radius 2 is 1.24 bits per heavy atom. The second-order valence-corrected chi connectivity index (χ2v) is 8.16. The normalized spacial score (nSPS) is 10.7. The molecule has 0 bridgehead atoms. The molecule has 10 heteroatoms. The number of ether oxygens (including phenoxy) is 2. The minimum atomic E-state index is -0.597. The molecule has 0 heterocycles. The molecule has 8 nitrogen and oxygen atoms in total. The van der Waals surface area contributed by atoms with Crippen molar-refractivity contribution in [2.45, 2.75) is 6.42 Å². The van der Waals surface area contributed by atoms with E-state index >= 15 is 0 Å². The number of rotatable bonds is 12. The molecule has 0 aliphatic heterocycles. The van der Waals surface area contributed by atoms with Crippen LogP contribution in [0.2, 0.25) is 0 Å². The SMILES string of the molecule is C=CCOc1ccc(Br)cc1C=NNC(=O)CC(=O)NN=Cc1cc(Br)ccc1OCC=C. The van der Waals surface area contributed by atoms with E-state index in [1.165, 1.54) is 12.4 Å². The molecule has 0 aliphatic carbocycles. The van der Waals surface area contributed by atoms with Crippen LogP contribution < -0.4 is 20.3 Å². The summed E-state index contributed by atoms with van der Waals surface area (Å²) in [6.45, 7) is 7.88. The van der Waals surface area contributed by atoms with Gasteiger partial charge < -0.3 is 9.47 Å². The predicted molar refractivity (Wildman–Crippen MR) is 136 cm³/mol. The topological polar surface area (TPSA) is 101 Å². The molecule has 2 N–H and O–H groups in total. The largest absolute Gasteiger partial charge is 0.489 e. The van der Waals surface area contributed by atoms with Crippen molar-refractivity contribution in [2.75, 3.05) is 13.2 Å². The number of amides is 2. The van der Waals surface area contributed by atoms with Crippen LogP contribution in [-0.2, 0) is 9.59 Å². The summed E-state index contributed by atoms with van der Waals surface area (Å²) in [5, 5.41) is 7.77. The maximum Gasteiger partial charge on any atom is 0.249 e. The Kier molecular flexibility index (Phi) is 11.1. The van der Waals surface area contributed by atoms with Crippen molar-refractivity contribution in [3.05, 3.63) is 81.8 Å². The van der Waals surface area contributed by atoms with Gasteiger partial charge in [0, 0.05) is 20.1 Å². The number of carbonyl (C=O) groups excluding carboxylic acids is 2. The average molecular weight is 578 g/mol. The third-order valence-corrected chi connectivity index (χ3v) is 4.75. The Bertz CT molecular complexity index is 987. The smallest absolute Gasteiger partial charge is 0.249 e. The van der Waals surface area contributed by atoms with E-state index in [9.17, 15) is 9.59 Å². The van der Waals surface area contributed by atoms with Gasteiger partial charge in [0.05, 0.1) is 12.4 Å². The van der Waals surface area contributed by atoms with Crippen molar-refractivity contribution in [3.63, 3.8) is 0 Å². The van der Waals surface area contributed by atoms with Crippen molar-refractivity contribution in [2.24, 2.45) is 10.2 Å². The van der Waals surface area contributed by atoms with E-state index in [0.29, 0.717) is 35.8 Å². The molecule has 0 atom stereocenters. The molecule has 0 spiro atoms. The number of halogens is 2. The highest BCUT2D eigenvalue weighted by atomic mass is 79.9. The fourth-order valence-corrected chi connectivity index (χ4v) is 3.13. The van der Waals surface area contributed by atoms with Gasteiger partial charge in [0.2, 0.25) is 11.8 Å². The lowest BCUT2D eigenvalue weighted by Crippen LogP contribution is -2.27. The quantitative estimate of drug-likeness (QED) is 0.170. The summed E-state index contributed by atoms with van der Waals surface area (Å²) in [4.78, 5) is 24.0. The van der Waals surface area contributed by atoms with Crippen LogP contribution in [0, 0.1) is 0 Å². The first-order valence-electron chi connectivity index (χ1n) is 9.63. The van der Waals surface area contributed by atoms with Crippen LogP contribution in [0.15, 0.2) is 80.9 Å². The maximum absolute atomic E-state index is 12.0. The molecular formula is C23H22Br2N4O4. The second kappa shape index (κ2) is 14.0. The molecular weight excluding hydrogens is 556 g/mol. The minimum absolute atomic E-state index is 0.331.